The number of amides is 3. The van der Waals surface area contributed by atoms with E-state index in [4.69, 9.17) is 5.73 Å². The van der Waals surface area contributed by atoms with Crippen LogP contribution < -0.4 is 16.4 Å². The zero-order valence-corrected chi connectivity index (χ0v) is 22.8. The smallest absolute Gasteiger partial charge is 0.326 e. The highest BCUT2D eigenvalue weighted by molar-refractivity contribution is 5.94. The van der Waals surface area contributed by atoms with Crippen LogP contribution in [-0.4, -0.2) is 84.6 Å². The molecule has 2 aromatic carbocycles. The van der Waals surface area contributed by atoms with E-state index in [9.17, 15) is 34.5 Å². The minimum absolute atomic E-state index is 0.0144. The number of carboxylic acids is 1. The van der Waals surface area contributed by atoms with Crippen molar-refractivity contribution in [2.45, 2.75) is 56.3 Å². The van der Waals surface area contributed by atoms with Gasteiger partial charge in [0.2, 0.25) is 17.7 Å². The number of phenols is 2. The molecule has 0 aliphatic carbocycles. The van der Waals surface area contributed by atoms with Gasteiger partial charge in [0, 0.05) is 31.3 Å². The predicted octanol–water partition coefficient (Wildman–Crippen LogP) is 0.221. The van der Waals surface area contributed by atoms with E-state index >= 15 is 0 Å². The van der Waals surface area contributed by atoms with Crippen LogP contribution in [0.1, 0.15) is 29.7 Å². The van der Waals surface area contributed by atoms with E-state index in [2.05, 4.69) is 20.6 Å². The number of H-pyrrole nitrogens is 1. The number of nitrogens with one attached hydrogen (secondary N) is 3. The van der Waals surface area contributed by atoms with Crippen molar-refractivity contribution in [3.8, 4) is 11.5 Å². The van der Waals surface area contributed by atoms with Crippen LogP contribution in [0.3, 0.4) is 0 Å². The first-order valence-corrected chi connectivity index (χ1v) is 13.5. The molecule has 4 rings (SSSR count). The Morgan fingerprint density at radius 3 is 2.12 bits per heavy atom. The number of aliphatic carboxylic acids is 1. The normalized spacial score (nSPS) is 16.8. The van der Waals surface area contributed by atoms with Crippen LogP contribution in [-0.2, 0) is 38.4 Å². The number of carbonyl (C=O) groups is 4. The summed E-state index contributed by atoms with van der Waals surface area (Å²) >= 11 is 0. The van der Waals surface area contributed by atoms with Gasteiger partial charge in [0.15, 0.2) is 0 Å². The van der Waals surface area contributed by atoms with E-state index < -0.39 is 47.9 Å². The number of hydrogen-bond acceptors (Lipinski definition) is 8. The number of nitrogens with zero attached hydrogens (tertiary/aromatic N) is 2. The van der Waals surface area contributed by atoms with Crippen LogP contribution in [0.4, 0.5) is 0 Å². The lowest BCUT2D eigenvalue weighted by Crippen LogP contribution is -2.57. The Kier molecular flexibility index (Phi) is 9.76. The van der Waals surface area contributed by atoms with Crippen LogP contribution in [0.5, 0.6) is 11.5 Å². The molecule has 1 fully saturated rings. The molecule has 1 aromatic heterocycles. The van der Waals surface area contributed by atoms with E-state index in [1.165, 1.54) is 41.7 Å². The molecule has 8 N–H and O–H groups in total. The molecule has 0 spiro atoms. The molecule has 0 saturated carbocycles. The summed E-state index contributed by atoms with van der Waals surface area (Å²) in [5, 5.41) is 34.0. The van der Waals surface area contributed by atoms with Gasteiger partial charge in [-0.25, -0.2) is 9.78 Å². The van der Waals surface area contributed by atoms with Crippen molar-refractivity contribution in [2.75, 3.05) is 6.54 Å². The van der Waals surface area contributed by atoms with Crippen molar-refractivity contribution in [2.24, 2.45) is 5.73 Å². The number of rotatable bonds is 12. The summed E-state index contributed by atoms with van der Waals surface area (Å²) in [6.07, 6.45) is 4.04. The van der Waals surface area contributed by atoms with Gasteiger partial charge in [-0.05, 0) is 54.7 Å². The average molecular weight is 579 g/mol. The van der Waals surface area contributed by atoms with E-state index in [1.807, 2.05) is 0 Å². The highest BCUT2D eigenvalue weighted by Crippen LogP contribution is 2.21. The fourth-order valence-electron chi connectivity index (χ4n) is 4.91. The lowest BCUT2D eigenvalue weighted by molar-refractivity contribution is -0.144. The second-order valence-corrected chi connectivity index (χ2v) is 10.3. The fourth-order valence-corrected chi connectivity index (χ4v) is 4.91. The summed E-state index contributed by atoms with van der Waals surface area (Å²) < 4.78 is 0. The molecule has 4 atom stereocenters. The van der Waals surface area contributed by atoms with E-state index in [0.29, 0.717) is 24.1 Å². The highest BCUT2D eigenvalue weighted by atomic mass is 16.4. The van der Waals surface area contributed by atoms with Crippen molar-refractivity contribution in [1.29, 1.82) is 0 Å². The second kappa shape index (κ2) is 13.6. The number of aromatic hydroxyl groups is 2. The molecule has 2 heterocycles. The van der Waals surface area contributed by atoms with Gasteiger partial charge in [0.25, 0.3) is 0 Å². The lowest BCUT2D eigenvalue weighted by Gasteiger charge is -2.30. The number of imidazole rings is 1. The molecular weight excluding hydrogens is 544 g/mol. The molecule has 3 amide bonds. The van der Waals surface area contributed by atoms with Crippen molar-refractivity contribution in [3.63, 3.8) is 0 Å². The number of hydrogen-bond donors (Lipinski definition) is 7. The van der Waals surface area contributed by atoms with Crippen molar-refractivity contribution in [3.05, 3.63) is 77.9 Å². The second-order valence-electron chi connectivity index (χ2n) is 10.3. The number of likely N-dealkylation sites (tertiary alicyclic amines) is 1. The van der Waals surface area contributed by atoms with Crippen LogP contribution in [0.25, 0.3) is 0 Å². The molecule has 42 heavy (non-hydrogen) atoms. The Bertz CT molecular complexity index is 1380. The first kappa shape index (κ1) is 30.1. The number of aromatic amines is 1. The Morgan fingerprint density at radius 1 is 0.929 bits per heavy atom. The minimum atomic E-state index is -1.25. The maximum absolute atomic E-state index is 13.8. The third-order valence-corrected chi connectivity index (χ3v) is 7.15. The van der Waals surface area contributed by atoms with E-state index in [-0.39, 0.29) is 37.3 Å². The number of phenolic OH excluding ortho intramolecular Hbond substituents is 2. The number of benzene rings is 2. The molecular formula is C29H34N6O7. The largest absolute Gasteiger partial charge is 0.508 e. The Balaban J connectivity index is 1.45. The maximum Gasteiger partial charge on any atom is 0.326 e. The fraction of sp³-hybridized carbons (Fsp3) is 0.345. The quantitative estimate of drug-likeness (QED) is 0.156. The zero-order valence-electron chi connectivity index (χ0n) is 22.8. The number of carbonyl (C=O) groups excluding carboxylic acids is 3. The topological polar surface area (TPSA) is 211 Å². The lowest BCUT2D eigenvalue weighted by atomic mass is 10.0. The molecule has 4 unspecified atom stereocenters. The van der Waals surface area contributed by atoms with Crippen LogP contribution >= 0.6 is 0 Å². The Hall–Kier alpha value is -4.91. The first-order chi connectivity index (χ1) is 20.1. The standard InChI is InChI=1S/C29H34N6O7/c30-22(12-17-3-7-20(36)8-4-17)26(38)33-23(14-19-15-31-16-32-19)28(40)35-11-1-2-25(35)27(39)34-24(29(41)42)13-18-5-9-21(37)10-6-18/h3-10,15-16,22-25,36-37H,1-2,11-14,30H2,(H,31,32)(H,33,38)(H,34,39)(H,41,42). The summed E-state index contributed by atoms with van der Waals surface area (Å²) in [4.78, 5) is 60.3. The molecule has 3 aromatic rings. The van der Waals surface area contributed by atoms with Gasteiger partial charge in [0.05, 0.1) is 12.4 Å². The summed E-state index contributed by atoms with van der Waals surface area (Å²) in [5.41, 5.74) is 8.05. The molecule has 0 radical (unpaired) electrons. The van der Waals surface area contributed by atoms with Crippen molar-refractivity contribution >= 4 is 23.7 Å². The van der Waals surface area contributed by atoms with Gasteiger partial charge in [-0.2, -0.15) is 0 Å². The van der Waals surface area contributed by atoms with Gasteiger partial charge in [-0.15, -0.1) is 0 Å². The molecule has 1 aliphatic rings. The average Bonchev–Trinajstić information content (AvgIpc) is 3.67. The van der Waals surface area contributed by atoms with Crippen LogP contribution in [0, 0.1) is 0 Å². The Labute approximate surface area is 241 Å². The predicted molar refractivity (Wildman–Crippen MR) is 150 cm³/mol. The summed E-state index contributed by atoms with van der Waals surface area (Å²) in [7, 11) is 0. The Morgan fingerprint density at radius 2 is 1.55 bits per heavy atom. The van der Waals surface area contributed by atoms with Gasteiger partial charge in [-0.3, -0.25) is 14.4 Å². The number of aromatic nitrogens is 2. The minimum Gasteiger partial charge on any atom is -0.508 e. The third-order valence-electron chi connectivity index (χ3n) is 7.15. The SMILES string of the molecule is NC(Cc1ccc(O)cc1)C(=O)NC(Cc1cnc[nH]1)C(=O)N1CCCC1C(=O)NC(Cc1ccc(O)cc1)C(=O)O. The van der Waals surface area contributed by atoms with Gasteiger partial charge >= 0.3 is 5.97 Å². The van der Waals surface area contributed by atoms with Crippen LogP contribution in [0.15, 0.2) is 61.1 Å². The van der Waals surface area contributed by atoms with Crippen LogP contribution in [0.2, 0.25) is 0 Å². The maximum atomic E-state index is 13.8. The molecule has 13 heteroatoms. The van der Waals surface area contributed by atoms with E-state index in [0.717, 1.165) is 5.56 Å². The van der Waals surface area contributed by atoms with E-state index in [1.54, 1.807) is 24.3 Å². The highest BCUT2D eigenvalue weighted by Gasteiger charge is 2.39. The number of carboxylic acid groups (broad SMARTS) is 1. The first-order valence-electron chi connectivity index (χ1n) is 13.5. The molecule has 13 nitrogen and oxygen atoms in total. The van der Waals surface area contributed by atoms with Crippen molar-refractivity contribution in [1.82, 2.24) is 25.5 Å². The zero-order chi connectivity index (χ0) is 30.2. The molecule has 0 bridgehead atoms. The summed E-state index contributed by atoms with van der Waals surface area (Å²) in [6.45, 7) is 0.252. The molecule has 1 saturated heterocycles. The monoisotopic (exact) mass is 578 g/mol. The summed E-state index contributed by atoms with van der Waals surface area (Å²) in [5.74, 6) is -2.80. The number of nitrogens with two attached hydrogens (primary N) is 1. The van der Waals surface area contributed by atoms with Gasteiger partial charge in [-0.1, -0.05) is 24.3 Å². The van der Waals surface area contributed by atoms with Gasteiger partial charge < -0.3 is 41.6 Å². The molecule has 222 valence electrons. The molecule has 1 aliphatic heterocycles. The third kappa shape index (κ3) is 7.85. The van der Waals surface area contributed by atoms with Gasteiger partial charge in [0.1, 0.15) is 29.6 Å². The van der Waals surface area contributed by atoms with Crippen molar-refractivity contribution < 1.29 is 34.5 Å². The summed E-state index contributed by atoms with van der Waals surface area (Å²) in [6, 6.07) is 8.04.